The lowest BCUT2D eigenvalue weighted by Gasteiger charge is -2.07. The average molecular weight is 228 g/mol. The highest BCUT2D eigenvalue weighted by atomic mass is 16.6. The molecule has 0 bridgehead atoms. The van der Waals surface area contributed by atoms with Crippen LogP contribution in [0.5, 0.6) is 0 Å². The van der Waals surface area contributed by atoms with Crippen LogP contribution in [0.4, 0.5) is 0 Å². The van der Waals surface area contributed by atoms with Crippen LogP contribution in [0.25, 0.3) is 0 Å². The van der Waals surface area contributed by atoms with Crippen LogP contribution in [0.1, 0.15) is 33.6 Å². The molecular formula is C12H20O4. The van der Waals surface area contributed by atoms with E-state index in [-0.39, 0.29) is 19.2 Å². The molecule has 0 aliphatic carbocycles. The summed E-state index contributed by atoms with van der Waals surface area (Å²) in [6.45, 7) is 9.28. The van der Waals surface area contributed by atoms with Crippen molar-refractivity contribution in [2.45, 2.75) is 33.6 Å². The van der Waals surface area contributed by atoms with Crippen LogP contribution < -0.4 is 0 Å². The Balaban J connectivity index is 3.48. The maximum atomic E-state index is 11.1. The van der Waals surface area contributed by atoms with Crippen LogP contribution in [-0.4, -0.2) is 25.2 Å². The van der Waals surface area contributed by atoms with Gasteiger partial charge in [-0.2, -0.15) is 0 Å². The van der Waals surface area contributed by atoms with Crippen molar-refractivity contribution in [1.82, 2.24) is 0 Å². The van der Waals surface area contributed by atoms with Gasteiger partial charge in [0.1, 0.15) is 13.2 Å². The normalized spacial score (nSPS) is 10.0. The van der Waals surface area contributed by atoms with Crippen molar-refractivity contribution in [3.63, 3.8) is 0 Å². The molecule has 0 aromatic rings. The Morgan fingerprint density at radius 2 is 1.75 bits per heavy atom. The second kappa shape index (κ2) is 7.91. The lowest BCUT2D eigenvalue weighted by molar-refractivity contribution is -0.150. The number of esters is 2. The Labute approximate surface area is 96.6 Å². The van der Waals surface area contributed by atoms with Gasteiger partial charge < -0.3 is 9.47 Å². The molecular weight excluding hydrogens is 208 g/mol. The summed E-state index contributed by atoms with van der Waals surface area (Å²) in [5, 5.41) is 0. The Hall–Kier alpha value is -1.32. The summed E-state index contributed by atoms with van der Waals surface area (Å²) in [6.07, 6.45) is 1.22. The van der Waals surface area contributed by atoms with Gasteiger partial charge >= 0.3 is 11.9 Å². The van der Waals surface area contributed by atoms with E-state index in [2.05, 4.69) is 6.58 Å². The van der Waals surface area contributed by atoms with Gasteiger partial charge in [-0.25, -0.2) is 4.79 Å². The van der Waals surface area contributed by atoms with Gasteiger partial charge in [-0.15, -0.1) is 0 Å². The van der Waals surface area contributed by atoms with Crippen molar-refractivity contribution in [2.24, 2.45) is 5.92 Å². The van der Waals surface area contributed by atoms with Crippen LogP contribution in [0, 0.1) is 5.92 Å². The SMILES string of the molecule is C=C(C)C(=O)OCCOC(=O)CCC(C)C. The molecule has 0 aliphatic heterocycles. The third-order valence-corrected chi connectivity index (χ3v) is 1.85. The van der Waals surface area contributed by atoms with E-state index in [1.54, 1.807) is 6.92 Å². The highest BCUT2D eigenvalue weighted by Crippen LogP contribution is 2.04. The molecule has 0 amide bonds. The molecule has 0 heterocycles. The van der Waals surface area contributed by atoms with Crippen LogP contribution in [-0.2, 0) is 19.1 Å². The molecule has 4 nitrogen and oxygen atoms in total. The third kappa shape index (κ3) is 8.03. The molecule has 0 rings (SSSR count). The average Bonchev–Trinajstić information content (AvgIpc) is 2.20. The molecule has 0 radical (unpaired) electrons. The van der Waals surface area contributed by atoms with E-state index in [1.165, 1.54) is 0 Å². The minimum Gasteiger partial charge on any atom is -0.462 e. The minimum atomic E-state index is -0.460. The van der Waals surface area contributed by atoms with Gasteiger partial charge in [0.15, 0.2) is 0 Å². The maximum Gasteiger partial charge on any atom is 0.333 e. The largest absolute Gasteiger partial charge is 0.462 e. The first-order valence-electron chi connectivity index (χ1n) is 5.41. The summed E-state index contributed by atoms with van der Waals surface area (Å²) < 4.78 is 9.64. The summed E-state index contributed by atoms with van der Waals surface area (Å²) in [5.41, 5.74) is 0.339. The Kier molecular flexibility index (Phi) is 7.25. The first-order valence-corrected chi connectivity index (χ1v) is 5.41. The fourth-order valence-electron chi connectivity index (χ4n) is 0.892. The molecule has 0 saturated carbocycles. The Bertz CT molecular complexity index is 256. The molecule has 0 unspecified atom stereocenters. The summed E-state index contributed by atoms with van der Waals surface area (Å²) in [6, 6.07) is 0. The number of rotatable bonds is 7. The van der Waals surface area contributed by atoms with Crippen molar-refractivity contribution in [3.05, 3.63) is 12.2 Å². The second-order valence-electron chi connectivity index (χ2n) is 4.07. The third-order valence-electron chi connectivity index (χ3n) is 1.85. The molecule has 0 spiro atoms. The van der Waals surface area contributed by atoms with Crippen molar-refractivity contribution in [3.8, 4) is 0 Å². The molecule has 4 heteroatoms. The van der Waals surface area contributed by atoms with Crippen LogP contribution in [0.3, 0.4) is 0 Å². The van der Waals surface area contributed by atoms with E-state index >= 15 is 0 Å². The summed E-state index contributed by atoms with van der Waals surface area (Å²) >= 11 is 0. The lowest BCUT2D eigenvalue weighted by Crippen LogP contribution is -2.14. The first-order chi connectivity index (χ1) is 7.43. The number of ether oxygens (including phenoxy) is 2. The van der Waals surface area contributed by atoms with Gasteiger partial charge in [-0.1, -0.05) is 20.4 Å². The molecule has 0 aromatic heterocycles. The summed E-state index contributed by atoms with van der Waals surface area (Å²) in [7, 11) is 0. The molecule has 0 saturated heterocycles. The van der Waals surface area contributed by atoms with Crippen molar-refractivity contribution >= 4 is 11.9 Å². The van der Waals surface area contributed by atoms with Crippen LogP contribution in [0.15, 0.2) is 12.2 Å². The van der Waals surface area contributed by atoms with E-state index in [1.807, 2.05) is 13.8 Å². The van der Waals surface area contributed by atoms with Crippen molar-refractivity contribution < 1.29 is 19.1 Å². The smallest absolute Gasteiger partial charge is 0.333 e. The van der Waals surface area contributed by atoms with Gasteiger partial charge in [0.25, 0.3) is 0 Å². The van der Waals surface area contributed by atoms with E-state index in [9.17, 15) is 9.59 Å². The number of hydrogen-bond donors (Lipinski definition) is 0. The summed E-state index contributed by atoms with van der Waals surface area (Å²) in [4.78, 5) is 22.1. The van der Waals surface area contributed by atoms with E-state index < -0.39 is 5.97 Å². The quantitative estimate of drug-likeness (QED) is 0.380. The zero-order valence-corrected chi connectivity index (χ0v) is 10.2. The van der Waals surface area contributed by atoms with Gasteiger partial charge in [-0.3, -0.25) is 4.79 Å². The van der Waals surface area contributed by atoms with Gasteiger partial charge in [-0.05, 0) is 19.3 Å². The highest BCUT2D eigenvalue weighted by Gasteiger charge is 2.06. The molecule has 16 heavy (non-hydrogen) atoms. The zero-order chi connectivity index (χ0) is 12.6. The fraction of sp³-hybridized carbons (Fsp3) is 0.667. The monoisotopic (exact) mass is 228 g/mol. The maximum absolute atomic E-state index is 11.1. The van der Waals surface area contributed by atoms with E-state index in [0.717, 1.165) is 6.42 Å². The number of hydrogen-bond acceptors (Lipinski definition) is 4. The Morgan fingerprint density at radius 1 is 1.19 bits per heavy atom. The van der Waals surface area contributed by atoms with Gasteiger partial charge in [0.2, 0.25) is 0 Å². The molecule has 0 N–H and O–H groups in total. The van der Waals surface area contributed by atoms with E-state index in [4.69, 9.17) is 9.47 Å². The van der Waals surface area contributed by atoms with Gasteiger partial charge in [0, 0.05) is 12.0 Å². The number of carbonyl (C=O) groups is 2. The molecule has 0 fully saturated rings. The topological polar surface area (TPSA) is 52.6 Å². The van der Waals surface area contributed by atoms with E-state index in [0.29, 0.717) is 17.9 Å². The lowest BCUT2D eigenvalue weighted by atomic mass is 10.1. The minimum absolute atomic E-state index is 0.0825. The fourth-order valence-corrected chi connectivity index (χ4v) is 0.892. The molecule has 0 atom stereocenters. The molecule has 0 aromatic carbocycles. The van der Waals surface area contributed by atoms with Crippen molar-refractivity contribution in [1.29, 1.82) is 0 Å². The second-order valence-corrected chi connectivity index (χ2v) is 4.07. The Morgan fingerprint density at radius 3 is 2.25 bits per heavy atom. The first kappa shape index (κ1) is 14.7. The van der Waals surface area contributed by atoms with Crippen LogP contribution >= 0.6 is 0 Å². The van der Waals surface area contributed by atoms with Crippen LogP contribution in [0.2, 0.25) is 0 Å². The predicted octanol–water partition coefficient (Wildman–Crippen LogP) is 2.09. The predicted molar refractivity (Wildman–Crippen MR) is 60.8 cm³/mol. The summed E-state index contributed by atoms with van der Waals surface area (Å²) in [5.74, 6) is -0.230. The highest BCUT2D eigenvalue weighted by molar-refractivity contribution is 5.86. The standard InChI is InChI=1S/C12H20O4/c1-9(2)5-6-11(13)15-7-8-16-12(14)10(3)4/h9H,3,5-8H2,1-2,4H3. The van der Waals surface area contributed by atoms with Gasteiger partial charge in [0.05, 0.1) is 0 Å². The number of carbonyl (C=O) groups excluding carboxylic acids is 2. The molecule has 0 aliphatic rings. The van der Waals surface area contributed by atoms with Crippen molar-refractivity contribution in [2.75, 3.05) is 13.2 Å². The molecule has 92 valence electrons. The zero-order valence-electron chi connectivity index (χ0n) is 10.2.